The van der Waals surface area contributed by atoms with E-state index < -0.39 is 11.2 Å². The third-order valence-electron chi connectivity index (χ3n) is 6.82. The monoisotopic (exact) mass is 513 g/mol. The number of ether oxygens (including phenoxy) is 3. The second-order valence-corrected chi connectivity index (χ2v) is 9.43. The Morgan fingerprint density at radius 3 is 2.63 bits per heavy atom. The van der Waals surface area contributed by atoms with Gasteiger partial charge in [0.25, 0.3) is 0 Å². The minimum absolute atomic E-state index is 0.0459. The Hall–Kier alpha value is -4.92. The van der Waals surface area contributed by atoms with Crippen molar-refractivity contribution in [2.24, 2.45) is 7.05 Å². The van der Waals surface area contributed by atoms with Crippen LogP contribution < -0.4 is 25.3 Å². The van der Waals surface area contributed by atoms with E-state index in [-0.39, 0.29) is 34.5 Å². The summed E-state index contributed by atoms with van der Waals surface area (Å²) >= 11 is 0. The molecule has 1 aliphatic rings. The lowest BCUT2D eigenvalue weighted by molar-refractivity contribution is 0.0461. The van der Waals surface area contributed by atoms with E-state index in [4.69, 9.17) is 18.6 Å². The van der Waals surface area contributed by atoms with Crippen LogP contribution in [0.3, 0.4) is 0 Å². The smallest absolute Gasteiger partial charge is 0.336 e. The molecule has 5 aromatic rings. The van der Waals surface area contributed by atoms with E-state index in [0.717, 1.165) is 0 Å². The van der Waals surface area contributed by atoms with Crippen LogP contribution in [0.25, 0.3) is 38.9 Å². The van der Waals surface area contributed by atoms with Gasteiger partial charge < -0.3 is 33.4 Å². The van der Waals surface area contributed by atoms with Gasteiger partial charge in [-0.1, -0.05) is 0 Å². The highest BCUT2D eigenvalue weighted by atomic mass is 16.6. The lowest BCUT2D eigenvalue weighted by atomic mass is 10.0. The number of aromatic hydroxyl groups is 2. The molecule has 0 fully saturated rings. The molecule has 0 spiro atoms. The van der Waals surface area contributed by atoms with Gasteiger partial charge in [-0.3, -0.25) is 4.79 Å². The second-order valence-electron chi connectivity index (χ2n) is 9.43. The maximum atomic E-state index is 13.3. The molecule has 38 heavy (non-hydrogen) atoms. The molecule has 3 aromatic carbocycles. The first kappa shape index (κ1) is 23.5. The molecule has 0 bridgehead atoms. The van der Waals surface area contributed by atoms with E-state index in [9.17, 15) is 19.8 Å². The van der Waals surface area contributed by atoms with Gasteiger partial charge in [-0.15, -0.1) is 0 Å². The third-order valence-corrected chi connectivity index (χ3v) is 6.82. The van der Waals surface area contributed by atoms with Gasteiger partial charge in [-0.05, 0) is 49.4 Å². The Balaban J connectivity index is 1.45. The largest absolute Gasteiger partial charge is 0.507 e. The van der Waals surface area contributed by atoms with E-state index in [1.54, 1.807) is 54.1 Å². The summed E-state index contributed by atoms with van der Waals surface area (Å²) in [5.41, 5.74) is -0.184. The predicted molar refractivity (Wildman–Crippen MR) is 143 cm³/mol. The average Bonchev–Trinajstić information content (AvgIpc) is 2.90. The van der Waals surface area contributed by atoms with Gasteiger partial charge in [0.05, 0.1) is 34.5 Å². The summed E-state index contributed by atoms with van der Waals surface area (Å²) in [7, 11) is 3.26. The van der Waals surface area contributed by atoms with Crippen molar-refractivity contribution < 1.29 is 28.8 Å². The van der Waals surface area contributed by atoms with Gasteiger partial charge in [0.1, 0.15) is 29.4 Å². The molecule has 3 heterocycles. The number of methoxy groups -OCH3 is 1. The fourth-order valence-electron chi connectivity index (χ4n) is 4.89. The number of nitrogens with zero attached hydrogens (tertiary/aromatic N) is 1. The van der Waals surface area contributed by atoms with E-state index >= 15 is 0 Å². The molecule has 9 nitrogen and oxygen atoms in total. The summed E-state index contributed by atoms with van der Waals surface area (Å²) in [5.74, 6) is 1.02. The fraction of sp³-hybridized carbons (Fsp3) is 0.172. The normalized spacial score (nSPS) is 17.0. The number of pyridine rings is 1. The van der Waals surface area contributed by atoms with Crippen LogP contribution in [0.1, 0.15) is 12.5 Å². The zero-order valence-electron chi connectivity index (χ0n) is 20.8. The fourth-order valence-corrected chi connectivity index (χ4v) is 4.89. The highest BCUT2D eigenvalue weighted by Gasteiger charge is 2.33. The number of aromatic nitrogens is 1. The minimum atomic E-state index is -0.943. The molecule has 192 valence electrons. The zero-order chi connectivity index (χ0) is 26.8. The summed E-state index contributed by atoms with van der Waals surface area (Å²) in [4.78, 5) is 25.1. The molecule has 0 aliphatic carbocycles. The second kappa shape index (κ2) is 8.31. The quantitative estimate of drug-likeness (QED) is 0.268. The molecule has 1 unspecified atom stereocenters. The molecule has 0 amide bonds. The van der Waals surface area contributed by atoms with Crippen molar-refractivity contribution in [1.29, 1.82) is 0 Å². The number of rotatable bonds is 3. The molecule has 9 heteroatoms. The van der Waals surface area contributed by atoms with Crippen molar-refractivity contribution in [2.75, 3.05) is 13.7 Å². The van der Waals surface area contributed by atoms with Crippen molar-refractivity contribution in [1.82, 2.24) is 4.57 Å². The lowest BCUT2D eigenvalue weighted by Crippen LogP contribution is -2.40. The van der Waals surface area contributed by atoms with Crippen molar-refractivity contribution in [3.63, 3.8) is 0 Å². The first-order valence-electron chi connectivity index (χ1n) is 11.8. The van der Waals surface area contributed by atoms with Gasteiger partial charge in [-0.2, -0.15) is 0 Å². The molecule has 1 aliphatic heterocycles. The number of benzene rings is 3. The first-order valence-corrected chi connectivity index (χ1v) is 11.8. The number of phenols is 2. The summed E-state index contributed by atoms with van der Waals surface area (Å²) in [6.45, 7) is 1.91. The highest BCUT2D eigenvalue weighted by Crippen LogP contribution is 2.42. The van der Waals surface area contributed by atoms with Gasteiger partial charge >= 0.3 is 5.63 Å². The number of hydrogen-bond donors (Lipinski definition) is 2. The van der Waals surface area contributed by atoms with Crippen LogP contribution in [0.4, 0.5) is 0 Å². The van der Waals surface area contributed by atoms with Crippen LogP contribution in [-0.2, 0) is 7.05 Å². The molecule has 6 rings (SSSR count). The van der Waals surface area contributed by atoms with Crippen LogP contribution in [0.2, 0.25) is 0 Å². The third kappa shape index (κ3) is 3.54. The van der Waals surface area contributed by atoms with E-state index in [1.807, 2.05) is 6.92 Å². The number of aryl methyl sites for hydroxylation is 1. The molecular formula is C29H23NO8. The van der Waals surface area contributed by atoms with Gasteiger partial charge in [0.2, 0.25) is 5.43 Å². The molecular weight excluding hydrogens is 490 g/mol. The summed E-state index contributed by atoms with van der Waals surface area (Å²) in [5, 5.41) is 22.2. The van der Waals surface area contributed by atoms with Crippen molar-refractivity contribution in [2.45, 2.75) is 12.5 Å². The number of fused-ring (bicyclic) bond motifs is 5. The number of hydrogen-bond acceptors (Lipinski definition) is 8. The van der Waals surface area contributed by atoms with Crippen molar-refractivity contribution in [3.05, 3.63) is 80.8 Å². The Labute approximate surface area is 215 Å². The van der Waals surface area contributed by atoms with Crippen LogP contribution >= 0.6 is 0 Å². The van der Waals surface area contributed by atoms with Crippen LogP contribution in [0.5, 0.6) is 28.7 Å². The van der Waals surface area contributed by atoms with E-state index in [0.29, 0.717) is 44.6 Å². The molecule has 2 aromatic heterocycles. The van der Waals surface area contributed by atoms with Crippen molar-refractivity contribution >= 4 is 38.9 Å². The number of phenolic OH excluding ortho intramolecular Hbond substituents is 2. The zero-order valence-corrected chi connectivity index (χ0v) is 20.8. The average molecular weight is 514 g/mol. The van der Waals surface area contributed by atoms with Crippen molar-refractivity contribution in [3.8, 4) is 28.7 Å². The minimum Gasteiger partial charge on any atom is -0.507 e. The SMILES string of the molecule is COc1cc(O)c2c(=O)c3ccc4c(c3n(C)c2c1)OCC(C)(/C=C/c1c(O)ccc2ccc(=O)oc12)O4. The maximum absolute atomic E-state index is 13.3. The Morgan fingerprint density at radius 1 is 1.05 bits per heavy atom. The maximum Gasteiger partial charge on any atom is 0.336 e. The van der Waals surface area contributed by atoms with Gasteiger partial charge in [-0.25, -0.2) is 4.79 Å². The van der Waals surface area contributed by atoms with Crippen LogP contribution in [-0.4, -0.2) is 34.1 Å². The van der Waals surface area contributed by atoms with Crippen LogP contribution in [0, 0.1) is 0 Å². The van der Waals surface area contributed by atoms with E-state index in [2.05, 4.69) is 0 Å². The molecule has 0 radical (unpaired) electrons. The molecule has 1 atom stereocenters. The topological polar surface area (TPSA) is 120 Å². The predicted octanol–water partition coefficient (Wildman–Crippen LogP) is 4.46. The highest BCUT2D eigenvalue weighted by molar-refractivity contribution is 6.00. The Morgan fingerprint density at radius 2 is 1.84 bits per heavy atom. The Kier molecular flexibility index (Phi) is 5.13. The van der Waals surface area contributed by atoms with Crippen LogP contribution in [0.15, 0.2) is 68.6 Å². The molecule has 2 N–H and O–H groups in total. The van der Waals surface area contributed by atoms with E-state index in [1.165, 1.54) is 25.3 Å². The Bertz CT molecular complexity index is 1930. The van der Waals surface area contributed by atoms with Gasteiger partial charge in [0, 0.05) is 30.6 Å². The summed E-state index contributed by atoms with van der Waals surface area (Å²) < 4.78 is 24.9. The summed E-state index contributed by atoms with van der Waals surface area (Å²) in [6, 6.07) is 12.5. The lowest BCUT2D eigenvalue weighted by Gasteiger charge is -2.34. The summed E-state index contributed by atoms with van der Waals surface area (Å²) in [6.07, 6.45) is 3.36. The molecule has 0 saturated heterocycles. The standard InChI is InChI=1S/C29H23NO8/c1-29(11-10-17-20(31)7-4-15-5-9-23(33)37-27(15)17)14-36-28-22(38-29)8-6-18-25(28)30(2)19-12-16(35-3)13-21(32)24(19)26(18)34/h4-13,31-32H,14H2,1-3H3/b11-10+. The van der Waals surface area contributed by atoms with Gasteiger partial charge in [0.15, 0.2) is 17.1 Å². The molecule has 0 saturated carbocycles. The first-order chi connectivity index (χ1) is 18.2.